The highest BCUT2D eigenvalue weighted by atomic mass is 16.5. The molecular weight excluding hydrogens is 254 g/mol. The number of aliphatic carboxylic acids is 1. The normalized spacial score (nSPS) is 16.4. The maximum absolute atomic E-state index is 11.1. The molecule has 0 atom stereocenters. The van der Waals surface area contributed by atoms with Crippen LogP contribution in [0.15, 0.2) is 24.3 Å². The summed E-state index contributed by atoms with van der Waals surface area (Å²) in [5, 5.41) is 9.14. The Morgan fingerprint density at radius 3 is 2.70 bits per heavy atom. The highest BCUT2D eigenvalue weighted by Gasteiger charge is 2.32. The fourth-order valence-electron chi connectivity index (χ4n) is 2.74. The van der Waals surface area contributed by atoms with Crippen LogP contribution in [-0.2, 0) is 4.79 Å². The summed E-state index contributed by atoms with van der Waals surface area (Å²) in [6, 6.07) is 5.82. The van der Waals surface area contributed by atoms with Crippen molar-refractivity contribution in [3.8, 4) is 5.75 Å². The number of nitrogens with zero attached hydrogens (tertiary/aromatic N) is 1. The average Bonchev–Trinajstić information content (AvgIpc) is 2.34. The van der Waals surface area contributed by atoms with Gasteiger partial charge < -0.3 is 14.7 Å². The van der Waals surface area contributed by atoms with E-state index < -0.39 is 5.97 Å². The van der Waals surface area contributed by atoms with E-state index in [0.29, 0.717) is 6.61 Å². The van der Waals surface area contributed by atoms with Gasteiger partial charge in [-0.1, -0.05) is 6.08 Å². The summed E-state index contributed by atoms with van der Waals surface area (Å²) >= 11 is 0. The van der Waals surface area contributed by atoms with Crippen molar-refractivity contribution in [2.45, 2.75) is 33.2 Å². The molecule has 0 radical (unpaired) electrons. The Labute approximate surface area is 119 Å². The van der Waals surface area contributed by atoms with Gasteiger partial charge in [0.1, 0.15) is 12.3 Å². The van der Waals surface area contributed by atoms with Gasteiger partial charge in [0.15, 0.2) is 0 Å². The van der Waals surface area contributed by atoms with E-state index in [9.17, 15) is 4.79 Å². The minimum absolute atomic E-state index is 0.0161. The summed E-state index contributed by atoms with van der Waals surface area (Å²) in [6.45, 7) is 8.65. The van der Waals surface area contributed by atoms with Gasteiger partial charge in [-0.25, -0.2) is 0 Å². The van der Waals surface area contributed by atoms with Crippen molar-refractivity contribution in [1.29, 1.82) is 0 Å². The fraction of sp³-hybridized carbons (Fsp3) is 0.438. The van der Waals surface area contributed by atoms with E-state index in [1.54, 1.807) is 0 Å². The molecule has 0 saturated carbocycles. The number of ether oxygens (including phenoxy) is 1. The molecule has 0 aliphatic carbocycles. The first-order chi connectivity index (χ1) is 9.35. The molecule has 1 N–H and O–H groups in total. The standard InChI is InChI=1S/C16H21NO3/c1-5-20-12-6-7-14-13(8-12)11(2)9-16(3,4)17(14)10-15(18)19/h6-9H,5,10H2,1-4H3,(H,18,19). The number of carboxylic acids is 1. The Balaban J connectivity index is 2.50. The Morgan fingerprint density at radius 2 is 2.10 bits per heavy atom. The molecule has 0 unspecified atom stereocenters. The van der Waals surface area contributed by atoms with Crippen LogP contribution < -0.4 is 9.64 Å². The van der Waals surface area contributed by atoms with Gasteiger partial charge in [-0.15, -0.1) is 0 Å². The largest absolute Gasteiger partial charge is 0.494 e. The second-order valence-corrected chi connectivity index (χ2v) is 5.57. The van der Waals surface area contributed by atoms with Gasteiger partial charge in [0.05, 0.1) is 12.1 Å². The van der Waals surface area contributed by atoms with Crippen molar-refractivity contribution < 1.29 is 14.6 Å². The zero-order valence-corrected chi connectivity index (χ0v) is 12.4. The number of anilines is 1. The predicted molar refractivity (Wildman–Crippen MR) is 80.3 cm³/mol. The van der Waals surface area contributed by atoms with E-state index in [1.807, 2.05) is 43.9 Å². The molecule has 1 aliphatic heterocycles. The molecule has 1 aliphatic rings. The van der Waals surface area contributed by atoms with Gasteiger partial charge in [-0.3, -0.25) is 4.79 Å². The van der Waals surface area contributed by atoms with E-state index in [1.165, 1.54) is 0 Å². The lowest BCUT2D eigenvalue weighted by Gasteiger charge is -2.42. The first kappa shape index (κ1) is 14.4. The molecule has 4 heteroatoms. The first-order valence-electron chi connectivity index (χ1n) is 6.81. The van der Waals surface area contributed by atoms with Gasteiger partial charge >= 0.3 is 5.97 Å². The van der Waals surface area contributed by atoms with Crippen molar-refractivity contribution in [3.63, 3.8) is 0 Å². The molecule has 0 amide bonds. The molecule has 108 valence electrons. The number of carbonyl (C=O) groups is 1. The van der Waals surface area contributed by atoms with Crippen molar-refractivity contribution in [2.75, 3.05) is 18.1 Å². The third-order valence-corrected chi connectivity index (χ3v) is 3.55. The SMILES string of the molecule is CCOc1ccc2c(c1)C(C)=CC(C)(C)N2CC(=O)O. The van der Waals surface area contributed by atoms with Crippen LogP contribution >= 0.6 is 0 Å². The smallest absolute Gasteiger partial charge is 0.323 e. The quantitative estimate of drug-likeness (QED) is 0.917. The van der Waals surface area contributed by atoms with Gasteiger partial charge in [0.2, 0.25) is 0 Å². The van der Waals surface area contributed by atoms with E-state index in [4.69, 9.17) is 9.84 Å². The maximum Gasteiger partial charge on any atom is 0.323 e. The summed E-state index contributed by atoms with van der Waals surface area (Å²) in [5.74, 6) is -0.0140. The van der Waals surface area contributed by atoms with Crippen molar-refractivity contribution in [3.05, 3.63) is 29.8 Å². The number of hydrogen-bond acceptors (Lipinski definition) is 3. The molecular formula is C16H21NO3. The van der Waals surface area contributed by atoms with Crippen LogP contribution in [0.3, 0.4) is 0 Å². The van der Waals surface area contributed by atoms with Gasteiger partial charge in [-0.2, -0.15) is 0 Å². The van der Waals surface area contributed by atoms with Gasteiger partial charge in [0.25, 0.3) is 0 Å². The number of carboxylic acid groups (broad SMARTS) is 1. The van der Waals surface area contributed by atoms with Crippen LogP contribution in [0.2, 0.25) is 0 Å². The Hall–Kier alpha value is -1.97. The Kier molecular flexibility index (Phi) is 3.75. The van der Waals surface area contributed by atoms with Crippen LogP contribution in [0, 0.1) is 0 Å². The summed E-state index contributed by atoms with van der Waals surface area (Å²) in [5.41, 5.74) is 2.81. The van der Waals surface area contributed by atoms with E-state index in [0.717, 1.165) is 22.6 Å². The summed E-state index contributed by atoms with van der Waals surface area (Å²) in [7, 11) is 0. The minimum atomic E-state index is -0.828. The zero-order valence-electron chi connectivity index (χ0n) is 12.4. The number of allylic oxidation sites excluding steroid dienone is 1. The molecule has 20 heavy (non-hydrogen) atoms. The molecule has 4 nitrogen and oxygen atoms in total. The van der Waals surface area contributed by atoms with E-state index in [-0.39, 0.29) is 12.1 Å². The summed E-state index contributed by atoms with van der Waals surface area (Å²) in [4.78, 5) is 13.0. The van der Waals surface area contributed by atoms with Crippen LogP contribution in [-0.4, -0.2) is 29.8 Å². The highest BCUT2D eigenvalue weighted by molar-refractivity contribution is 5.85. The third kappa shape index (κ3) is 2.64. The molecule has 0 saturated heterocycles. The number of hydrogen-bond donors (Lipinski definition) is 1. The topological polar surface area (TPSA) is 49.8 Å². The maximum atomic E-state index is 11.1. The second-order valence-electron chi connectivity index (χ2n) is 5.57. The molecule has 0 spiro atoms. The number of benzene rings is 1. The summed E-state index contributed by atoms with van der Waals surface area (Å²) in [6.07, 6.45) is 2.11. The molecule has 1 aromatic carbocycles. The number of fused-ring (bicyclic) bond motifs is 1. The van der Waals surface area contributed by atoms with Crippen LogP contribution in [0.1, 0.15) is 33.3 Å². The Bertz CT molecular complexity index is 561. The summed E-state index contributed by atoms with van der Waals surface area (Å²) < 4.78 is 5.53. The average molecular weight is 275 g/mol. The van der Waals surface area contributed by atoms with Crippen molar-refractivity contribution >= 4 is 17.2 Å². The second kappa shape index (κ2) is 5.19. The highest BCUT2D eigenvalue weighted by Crippen LogP contribution is 2.40. The lowest BCUT2D eigenvalue weighted by atomic mass is 9.88. The lowest BCUT2D eigenvalue weighted by Crippen LogP contribution is -2.47. The van der Waals surface area contributed by atoms with Crippen LogP contribution in [0.4, 0.5) is 5.69 Å². The number of rotatable bonds is 4. The molecule has 0 aromatic heterocycles. The zero-order chi connectivity index (χ0) is 14.9. The lowest BCUT2D eigenvalue weighted by molar-refractivity contribution is -0.135. The third-order valence-electron chi connectivity index (χ3n) is 3.55. The predicted octanol–water partition coefficient (Wildman–Crippen LogP) is 3.17. The molecule has 1 heterocycles. The van der Waals surface area contributed by atoms with Crippen molar-refractivity contribution in [1.82, 2.24) is 0 Å². The van der Waals surface area contributed by atoms with Gasteiger partial charge in [-0.05, 0) is 51.5 Å². The molecule has 1 aromatic rings. The van der Waals surface area contributed by atoms with Crippen LogP contribution in [0.5, 0.6) is 5.75 Å². The van der Waals surface area contributed by atoms with Crippen LogP contribution in [0.25, 0.3) is 5.57 Å². The fourth-order valence-corrected chi connectivity index (χ4v) is 2.74. The first-order valence-corrected chi connectivity index (χ1v) is 6.81. The van der Waals surface area contributed by atoms with E-state index in [2.05, 4.69) is 13.0 Å². The van der Waals surface area contributed by atoms with Crippen molar-refractivity contribution in [2.24, 2.45) is 0 Å². The van der Waals surface area contributed by atoms with Gasteiger partial charge in [0, 0.05) is 11.3 Å². The van der Waals surface area contributed by atoms with E-state index >= 15 is 0 Å². The minimum Gasteiger partial charge on any atom is -0.494 e. The molecule has 2 rings (SSSR count). The Morgan fingerprint density at radius 1 is 1.40 bits per heavy atom. The molecule has 0 fully saturated rings. The monoisotopic (exact) mass is 275 g/mol. The molecule has 0 bridgehead atoms.